The Bertz CT molecular complexity index is 202. The van der Waals surface area contributed by atoms with Gasteiger partial charge in [-0.2, -0.15) is 0 Å². The van der Waals surface area contributed by atoms with Gasteiger partial charge in [-0.1, -0.05) is 0 Å². The fraction of sp³-hybridized carbons (Fsp3) is 0.625. The summed E-state index contributed by atoms with van der Waals surface area (Å²) in [6, 6.07) is 0. The Kier molecular flexibility index (Phi) is 8.92. The fourth-order valence-electron chi connectivity index (χ4n) is 0.729. The lowest BCUT2D eigenvalue weighted by atomic mass is 10.4. The number of rotatable bonds is 8. The minimum absolute atomic E-state index is 0.500. The van der Waals surface area contributed by atoms with Gasteiger partial charge in [0.25, 0.3) is 5.91 Å². The molecule has 0 fully saturated rings. The smallest absolute Gasteiger partial charge is 0.259 e. The Morgan fingerprint density at radius 3 is 2.93 bits per heavy atom. The average Bonchev–Trinajstić information content (AvgIpc) is 2.15. The summed E-state index contributed by atoms with van der Waals surface area (Å²) in [5.74, 6) is -0.571. The van der Waals surface area contributed by atoms with Crippen molar-refractivity contribution in [2.75, 3.05) is 26.8 Å². The van der Waals surface area contributed by atoms with Gasteiger partial charge in [-0.25, -0.2) is 4.99 Å². The molecule has 0 aliphatic rings. The van der Waals surface area contributed by atoms with Crippen LogP contribution >= 0.6 is 0 Å². The molecule has 4 N–H and O–H groups in total. The van der Waals surface area contributed by atoms with E-state index in [0.29, 0.717) is 6.67 Å². The van der Waals surface area contributed by atoms with Crippen LogP contribution in [0.25, 0.3) is 0 Å². The van der Waals surface area contributed by atoms with Crippen LogP contribution in [0.5, 0.6) is 0 Å². The van der Waals surface area contributed by atoms with Gasteiger partial charge >= 0.3 is 0 Å². The Labute approximate surface area is 83.7 Å². The molecular formula is C8H17N5O. The molecule has 0 aromatic heterocycles. The van der Waals surface area contributed by atoms with Crippen molar-refractivity contribution in [2.24, 2.45) is 15.7 Å². The zero-order valence-electron chi connectivity index (χ0n) is 8.36. The topological polar surface area (TPSA) is 91.9 Å². The van der Waals surface area contributed by atoms with E-state index in [4.69, 9.17) is 5.73 Å². The molecule has 0 saturated carbocycles. The number of primary amides is 1. The van der Waals surface area contributed by atoms with Gasteiger partial charge in [0.1, 0.15) is 6.34 Å². The standard InChI is InChI=1S/C8H17N5O/c1-10-3-2-4-11-6-13-7-12-5-8(9)14/h5,7,10-11H,2-4,6H2,1H3,(H2,9,14)/b12-5+,13-7-. The quantitative estimate of drug-likeness (QED) is 0.258. The number of hydrogen-bond donors (Lipinski definition) is 3. The second-order valence-corrected chi connectivity index (χ2v) is 2.59. The zero-order valence-corrected chi connectivity index (χ0v) is 8.36. The largest absolute Gasteiger partial charge is 0.365 e. The number of carbonyl (C=O) groups excluding carboxylic acids is 1. The molecule has 6 nitrogen and oxygen atoms in total. The number of hydrogen-bond acceptors (Lipinski definition) is 4. The van der Waals surface area contributed by atoms with Crippen LogP contribution in [0.3, 0.4) is 0 Å². The van der Waals surface area contributed by atoms with Crippen LogP contribution in [0.2, 0.25) is 0 Å². The SMILES string of the molecule is CNCCCNC/N=C\N=C\C(N)=O. The van der Waals surface area contributed by atoms with Crippen LogP contribution in [-0.2, 0) is 4.79 Å². The van der Waals surface area contributed by atoms with E-state index in [1.54, 1.807) is 0 Å². The molecule has 0 aromatic carbocycles. The second-order valence-electron chi connectivity index (χ2n) is 2.59. The van der Waals surface area contributed by atoms with Crippen molar-refractivity contribution in [1.29, 1.82) is 0 Å². The van der Waals surface area contributed by atoms with E-state index in [2.05, 4.69) is 20.6 Å². The number of aliphatic imine (C=N–C) groups is 2. The Morgan fingerprint density at radius 2 is 2.29 bits per heavy atom. The van der Waals surface area contributed by atoms with Gasteiger partial charge in [0.05, 0.1) is 12.9 Å². The molecule has 0 rings (SSSR count). The summed E-state index contributed by atoms with van der Waals surface area (Å²) in [6.45, 7) is 2.38. The van der Waals surface area contributed by atoms with Crippen LogP contribution in [0.1, 0.15) is 6.42 Å². The molecule has 14 heavy (non-hydrogen) atoms. The first-order valence-corrected chi connectivity index (χ1v) is 4.43. The molecule has 0 heterocycles. The van der Waals surface area contributed by atoms with E-state index in [0.717, 1.165) is 25.7 Å². The van der Waals surface area contributed by atoms with Gasteiger partial charge in [0.2, 0.25) is 0 Å². The molecule has 0 aliphatic heterocycles. The zero-order chi connectivity index (χ0) is 10.6. The molecule has 1 amide bonds. The van der Waals surface area contributed by atoms with Crippen molar-refractivity contribution in [3.8, 4) is 0 Å². The summed E-state index contributed by atoms with van der Waals surface area (Å²) in [5, 5.41) is 6.12. The highest BCUT2D eigenvalue weighted by molar-refractivity contribution is 6.26. The van der Waals surface area contributed by atoms with E-state index >= 15 is 0 Å². The highest BCUT2D eigenvalue weighted by Crippen LogP contribution is 1.71. The van der Waals surface area contributed by atoms with Gasteiger partial charge in [-0.3, -0.25) is 15.1 Å². The molecule has 0 aromatic rings. The lowest BCUT2D eigenvalue weighted by Crippen LogP contribution is -2.19. The minimum Gasteiger partial charge on any atom is -0.365 e. The van der Waals surface area contributed by atoms with Crippen LogP contribution in [0.4, 0.5) is 0 Å². The first kappa shape index (κ1) is 12.7. The summed E-state index contributed by atoms with van der Waals surface area (Å²) in [7, 11) is 1.91. The van der Waals surface area contributed by atoms with E-state index < -0.39 is 5.91 Å². The van der Waals surface area contributed by atoms with Crippen molar-refractivity contribution in [1.82, 2.24) is 10.6 Å². The molecule has 0 bridgehead atoms. The fourth-order valence-corrected chi connectivity index (χ4v) is 0.729. The van der Waals surface area contributed by atoms with Crippen LogP contribution in [0.15, 0.2) is 9.98 Å². The lowest BCUT2D eigenvalue weighted by molar-refractivity contribution is -0.111. The van der Waals surface area contributed by atoms with Crippen molar-refractivity contribution in [2.45, 2.75) is 6.42 Å². The van der Waals surface area contributed by atoms with Gasteiger partial charge in [0, 0.05) is 0 Å². The first-order valence-electron chi connectivity index (χ1n) is 4.43. The van der Waals surface area contributed by atoms with E-state index in [-0.39, 0.29) is 0 Å². The van der Waals surface area contributed by atoms with Crippen LogP contribution in [-0.4, -0.2) is 45.3 Å². The molecule has 0 radical (unpaired) electrons. The second kappa shape index (κ2) is 9.82. The maximum absolute atomic E-state index is 10.2. The number of nitrogens with one attached hydrogen (secondary N) is 2. The molecule has 6 heteroatoms. The number of nitrogens with zero attached hydrogens (tertiary/aromatic N) is 2. The third kappa shape index (κ3) is 10.7. The predicted molar refractivity (Wildman–Crippen MR) is 57.6 cm³/mol. The van der Waals surface area contributed by atoms with Crippen molar-refractivity contribution in [3.05, 3.63) is 0 Å². The van der Waals surface area contributed by atoms with Crippen molar-refractivity contribution in [3.63, 3.8) is 0 Å². The minimum atomic E-state index is -0.571. The van der Waals surface area contributed by atoms with Gasteiger partial charge < -0.3 is 11.1 Å². The van der Waals surface area contributed by atoms with E-state index in [9.17, 15) is 4.79 Å². The van der Waals surface area contributed by atoms with E-state index in [1.807, 2.05) is 7.05 Å². The number of nitrogens with two attached hydrogens (primary N) is 1. The third-order valence-corrected chi connectivity index (χ3v) is 1.33. The summed E-state index contributed by atoms with van der Waals surface area (Å²) in [4.78, 5) is 17.6. The monoisotopic (exact) mass is 199 g/mol. The third-order valence-electron chi connectivity index (χ3n) is 1.33. The first-order chi connectivity index (χ1) is 6.77. The molecular weight excluding hydrogens is 182 g/mol. The summed E-state index contributed by atoms with van der Waals surface area (Å²) < 4.78 is 0. The molecule has 80 valence electrons. The van der Waals surface area contributed by atoms with Gasteiger partial charge in [-0.05, 0) is 26.6 Å². The van der Waals surface area contributed by atoms with Crippen LogP contribution < -0.4 is 16.4 Å². The Hall–Kier alpha value is -1.27. The van der Waals surface area contributed by atoms with Crippen molar-refractivity contribution < 1.29 is 4.79 Å². The summed E-state index contributed by atoms with van der Waals surface area (Å²) in [6.07, 6.45) is 3.37. The van der Waals surface area contributed by atoms with Crippen molar-refractivity contribution >= 4 is 18.5 Å². The number of carbonyl (C=O) groups is 1. The normalized spacial score (nSPS) is 11.5. The predicted octanol–water partition coefficient (Wildman–Crippen LogP) is -1.27. The molecule has 0 saturated heterocycles. The Balaban J connectivity index is 3.23. The maximum Gasteiger partial charge on any atom is 0.259 e. The molecule has 0 aliphatic carbocycles. The van der Waals surface area contributed by atoms with Crippen LogP contribution in [0, 0.1) is 0 Å². The number of amides is 1. The molecule has 0 atom stereocenters. The summed E-state index contributed by atoms with van der Waals surface area (Å²) >= 11 is 0. The van der Waals surface area contributed by atoms with E-state index in [1.165, 1.54) is 6.34 Å². The average molecular weight is 199 g/mol. The lowest BCUT2D eigenvalue weighted by Gasteiger charge is -1.99. The summed E-state index contributed by atoms with van der Waals surface area (Å²) in [5.41, 5.74) is 4.82. The highest BCUT2D eigenvalue weighted by Gasteiger charge is 1.83. The molecule has 0 spiro atoms. The van der Waals surface area contributed by atoms with Gasteiger partial charge in [-0.15, -0.1) is 0 Å². The Morgan fingerprint density at radius 1 is 1.50 bits per heavy atom. The molecule has 0 unspecified atom stereocenters. The highest BCUT2D eigenvalue weighted by atomic mass is 16.1. The maximum atomic E-state index is 10.2. The van der Waals surface area contributed by atoms with Gasteiger partial charge in [0.15, 0.2) is 0 Å².